The predicted octanol–water partition coefficient (Wildman–Crippen LogP) is 3.39. The Labute approximate surface area is 139 Å². The number of urea groups is 1. The zero-order valence-corrected chi connectivity index (χ0v) is 13.4. The van der Waals surface area contributed by atoms with Crippen molar-refractivity contribution in [3.63, 3.8) is 0 Å². The Balaban J connectivity index is 1.76. The fourth-order valence-electron chi connectivity index (χ4n) is 3.10. The molecule has 1 aromatic carbocycles. The van der Waals surface area contributed by atoms with Gasteiger partial charge in [0.1, 0.15) is 0 Å². The van der Waals surface area contributed by atoms with E-state index in [1.165, 1.54) is 6.07 Å². The third-order valence-electron chi connectivity index (χ3n) is 4.31. The zero-order chi connectivity index (χ0) is 17.1. The molecule has 126 valence electrons. The number of piperidine rings is 1. The van der Waals surface area contributed by atoms with E-state index < -0.39 is 4.92 Å². The number of carbonyl (C=O) groups is 1. The molecule has 8 heteroatoms. The van der Waals surface area contributed by atoms with Crippen LogP contribution >= 0.6 is 0 Å². The van der Waals surface area contributed by atoms with Gasteiger partial charge in [0.2, 0.25) is 0 Å². The molecule has 1 aliphatic heterocycles. The van der Waals surface area contributed by atoms with Crippen LogP contribution in [0.2, 0.25) is 0 Å². The number of aryl methyl sites for hydroxylation is 1. The number of aromatic nitrogens is 2. The van der Waals surface area contributed by atoms with Crippen molar-refractivity contribution < 1.29 is 9.72 Å². The topological polar surface area (TPSA) is 104 Å². The molecule has 1 aromatic heterocycles. The number of hydrogen-bond acceptors (Lipinski definition) is 4. The molecule has 24 heavy (non-hydrogen) atoms. The number of benzene rings is 1. The predicted molar refractivity (Wildman–Crippen MR) is 88.7 cm³/mol. The molecule has 0 saturated carbocycles. The van der Waals surface area contributed by atoms with Gasteiger partial charge in [-0.3, -0.25) is 15.2 Å². The van der Waals surface area contributed by atoms with Crippen LogP contribution in [0.15, 0.2) is 30.6 Å². The van der Waals surface area contributed by atoms with Crippen LogP contribution in [0, 0.1) is 17.0 Å². The van der Waals surface area contributed by atoms with Crippen molar-refractivity contribution in [3.05, 3.63) is 51.8 Å². The fraction of sp³-hybridized carbons (Fsp3) is 0.375. The number of aromatic amines is 1. The van der Waals surface area contributed by atoms with Crippen LogP contribution in [0.5, 0.6) is 0 Å². The van der Waals surface area contributed by atoms with Crippen LogP contribution in [0.25, 0.3) is 0 Å². The van der Waals surface area contributed by atoms with Gasteiger partial charge in [-0.05, 0) is 38.3 Å². The van der Waals surface area contributed by atoms with Gasteiger partial charge in [-0.1, -0.05) is 0 Å². The van der Waals surface area contributed by atoms with Crippen LogP contribution in [0.4, 0.5) is 16.2 Å². The van der Waals surface area contributed by atoms with E-state index in [0.29, 0.717) is 17.8 Å². The van der Waals surface area contributed by atoms with Gasteiger partial charge in [0.25, 0.3) is 5.69 Å². The van der Waals surface area contributed by atoms with E-state index in [0.717, 1.165) is 24.8 Å². The average molecular weight is 329 g/mol. The molecule has 2 N–H and O–H groups in total. The van der Waals surface area contributed by atoms with Gasteiger partial charge in [-0.15, -0.1) is 0 Å². The van der Waals surface area contributed by atoms with Crippen LogP contribution in [0.1, 0.15) is 36.4 Å². The number of anilines is 1. The van der Waals surface area contributed by atoms with Crippen LogP contribution in [0.3, 0.4) is 0 Å². The number of hydrogen-bond donors (Lipinski definition) is 2. The minimum absolute atomic E-state index is 0.00311. The Kier molecular flexibility index (Phi) is 4.45. The highest BCUT2D eigenvalue weighted by atomic mass is 16.6. The van der Waals surface area contributed by atoms with E-state index in [-0.39, 0.29) is 17.8 Å². The summed E-state index contributed by atoms with van der Waals surface area (Å²) in [6.07, 6.45) is 6.47. The number of nitrogens with zero attached hydrogens (tertiary/aromatic N) is 3. The van der Waals surface area contributed by atoms with E-state index in [4.69, 9.17) is 0 Å². The number of rotatable bonds is 3. The second-order valence-electron chi connectivity index (χ2n) is 5.93. The lowest BCUT2D eigenvalue weighted by atomic mass is 9.98. The van der Waals surface area contributed by atoms with Crippen LogP contribution in [-0.2, 0) is 0 Å². The summed E-state index contributed by atoms with van der Waals surface area (Å²) in [5.41, 5.74) is 2.11. The Hall–Kier alpha value is -2.90. The molecule has 1 atom stereocenters. The van der Waals surface area contributed by atoms with Crippen molar-refractivity contribution in [2.45, 2.75) is 32.2 Å². The SMILES string of the molecule is Cc1cc(NC(=O)N2CCCC[C@H]2c2cn[nH]c2)ccc1[N+](=O)[O-]. The Morgan fingerprint density at radius 2 is 2.29 bits per heavy atom. The summed E-state index contributed by atoms with van der Waals surface area (Å²) in [6.45, 7) is 2.33. The van der Waals surface area contributed by atoms with Crippen molar-refractivity contribution in [3.8, 4) is 0 Å². The Morgan fingerprint density at radius 3 is 2.96 bits per heavy atom. The second-order valence-corrected chi connectivity index (χ2v) is 5.93. The maximum Gasteiger partial charge on any atom is 0.322 e. The van der Waals surface area contributed by atoms with Crippen molar-refractivity contribution in [2.75, 3.05) is 11.9 Å². The van der Waals surface area contributed by atoms with Crippen molar-refractivity contribution in [2.24, 2.45) is 0 Å². The number of nitro benzene ring substituents is 1. The molecule has 0 bridgehead atoms. The first kappa shape index (κ1) is 16.0. The van der Waals surface area contributed by atoms with Gasteiger partial charge in [-0.25, -0.2) is 4.79 Å². The quantitative estimate of drug-likeness (QED) is 0.665. The average Bonchev–Trinajstić information content (AvgIpc) is 3.09. The largest absolute Gasteiger partial charge is 0.322 e. The number of H-pyrrole nitrogens is 1. The maximum atomic E-state index is 12.7. The fourth-order valence-corrected chi connectivity index (χ4v) is 3.10. The van der Waals surface area contributed by atoms with Gasteiger partial charge in [-0.2, -0.15) is 5.10 Å². The minimum atomic E-state index is -0.430. The molecule has 0 spiro atoms. The summed E-state index contributed by atoms with van der Waals surface area (Å²) in [6, 6.07) is 4.38. The molecule has 1 saturated heterocycles. The molecule has 0 radical (unpaired) electrons. The Morgan fingerprint density at radius 1 is 1.46 bits per heavy atom. The first-order chi connectivity index (χ1) is 11.6. The number of likely N-dealkylation sites (tertiary alicyclic amines) is 1. The normalized spacial score (nSPS) is 17.5. The lowest BCUT2D eigenvalue weighted by molar-refractivity contribution is -0.385. The van der Waals surface area contributed by atoms with Crippen LogP contribution < -0.4 is 5.32 Å². The van der Waals surface area contributed by atoms with Gasteiger partial charge < -0.3 is 10.2 Å². The summed E-state index contributed by atoms with van der Waals surface area (Å²) < 4.78 is 0. The zero-order valence-electron chi connectivity index (χ0n) is 13.4. The first-order valence-corrected chi connectivity index (χ1v) is 7.87. The summed E-state index contributed by atoms with van der Waals surface area (Å²) in [5, 5.41) is 20.5. The monoisotopic (exact) mass is 329 g/mol. The lowest BCUT2D eigenvalue weighted by Crippen LogP contribution is -2.41. The molecule has 0 aliphatic carbocycles. The lowest BCUT2D eigenvalue weighted by Gasteiger charge is -2.35. The van der Waals surface area contributed by atoms with E-state index in [1.807, 2.05) is 6.20 Å². The van der Waals surface area contributed by atoms with E-state index in [2.05, 4.69) is 15.5 Å². The highest BCUT2D eigenvalue weighted by Gasteiger charge is 2.28. The summed E-state index contributed by atoms with van der Waals surface area (Å²) >= 11 is 0. The first-order valence-electron chi connectivity index (χ1n) is 7.87. The van der Waals surface area contributed by atoms with E-state index in [9.17, 15) is 14.9 Å². The van der Waals surface area contributed by atoms with Crippen LogP contribution in [-0.4, -0.2) is 32.6 Å². The number of carbonyl (C=O) groups excluding carboxylic acids is 1. The minimum Gasteiger partial charge on any atom is -0.317 e. The molecule has 0 unspecified atom stereocenters. The van der Waals surface area contributed by atoms with Crippen molar-refractivity contribution >= 4 is 17.4 Å². The van der Waals surface area contributed by atoms with E-state index >= 15 is 0 Å². The molecule has 2 aromatic rings. The highest BCUT2D eigenvalue weighted by molar-refractivity contribution is 5.90. The van der Waals surface area contributed by atoms with Gasteiger partial charge in [0, 0.05) is 35.6 Å². The molecular weight excluding hydrogens is 310 g/mol. The summed E-state index contributed by atoms with van der Waals surface area (Å²) in [4.78, 5) is 24.9. The second kappa shape index (κ2) is 6.69. The molecule has 2 heterocycles. The highest BCUT2D eigenvalue weighted by Crippen LogP contribution is 2.31. The molecule has 8 nitrogen and oxygen atoms in total. The smallest absolute Gasteiger partial charge is 0.317 e. The summed E-state index contributed by atoms with van der Waals surface area (Å²) in [5.74, 6) is 0. The third kappa shape index (κ3) is 3.22. The van der Waals surface area contributed by atoms with Crippen molar-refractivity contribution in [1.29, 1.82) is 0 Å². The maximum absolute atomic E-state index is 12.7. The number of amides is 2. The summed E-state index contributed by atoms with van der Waals surface area (Å²) in [7, 11) is 0. The van der Waals surface area contributed by atoms with E-state index in [1.54, 1.807) is 30.2 Å². The molecule has 1 aliphatic rings. The van der Waals surface area contributed by atoms with Gasteiger partial charge in [0.15, 0.2) is 0 Å². The van der Waals surface area contributed by atoms with Gasteiger partial charge >= 0.3 is 6.03 Å². The van der Waals surface area contributed by atoms with Gasteiger partial charge in [0.05, 0.1) is 17.2 Å². The molecular formula is C16H19N5O3. The number of nitro groups is 1. The molecule has 3 rings (SSSR count). The third-order valence-corrected chi connectivity index (χ3v) is 4.31. The standard InChI is InChI=1S/C16H19N5O3/c1-11-8-13(5-6-14(11)21(23)24)19-16(22)20-7-3-2-4-15(20)12-9-17-18-10-12/h5-6,8-10,15H,2-4,7H2,1H3,(H,17,18)(H,19,22)/t15-/m0/s1. The molecule has 1 fully saturated rings. The number of nitrogens with one attached hydrogen (secondary N) is 2. The van der Waals surface area contributed by atoms with Crippen molar-refractivity contribution in [1.82, 2.24) is 15.1 Å². The Bertz CT molecular complexity index is 744. The molecule has 2 amide bonds.